The summed E-state index contributed by atoms with van der Waals surface area (Å²) in [5.41, 5.74) is 10.9. The summed E-state index contributed by atoms with van der Waals surface area (Å²) in [6.07, 6.45) is 2.08. The fourth-order valence-corrected chi connectivity index (χ4v) is 2.59. The van der Waals surface area contributed by atoms with Crippen LogP contribution in [0.25, 0.3) is 0 Å². The van der Waals surface area contributed by atoms with E-state index in [-0.39, 0.29) is 0 Å². The van der Waals surface area contributed by atoms with E-state index < -0.39 is 0 Å². The van der Waals surface area contributed by atoms with E-state index in [2.05, 4.69) is 47.9 Å². The smallest absolute Gasteiger partial charge is 0.100 e. The van der Waals surface area contributed by atoms with E-state index in [1.807, 2.05) is 12.1 Å². The third-order valence-corrected chi connectivity index (χ3v) is 3.42. The highest BCUT2D eigenvalue weighted by Crippen LogP contribution is 2.36. The molecule has 90 valence electrons. The van der Waals surface area contributed by atoms with Crippen molar-refractivity contribution in [1.82, 2.24) is 0 Å². The Morgan fingerprint density at radius 1 is 0.889 bits per heavy atom. The highest BCUT2D eigenvalue weighted by atomic mass is 15.2. The number of aryl methyl sites for hydroxylation is 2. The minimum absolute atomic E-state index is 0.566. The van der Waals surface area contributed by atoms with Crippen LogP contribution in [0.2, 0.25) is 0 Å². The Labute approximate surface area is 107 Å². The van der Waals surface area contributed by atoms with Crippen molar-refractivity contribution in [1.29, 1.82) is 0 Å². The van der Waals surface area contributed by atoms with E-state index >= 15 is 0 Å². The van der Waals surface area contributed by atoms with Crippen molar-refractivity contribution in [3.8, 4) is 0 Å². The van der Waals surface area contributed by atoms with Gasteiger partial charge in [-0.25, -0.2) is 0 Å². The van der Waals surface area contributed by atoms with Crippen LogP contribution in [0.3, 0.4) is 0 Å². The van der Waals surface area contributed by atoms with Gasteiger partial charge in [0.25, 0.3) is 0 Å². The van der Waals surface area contributed by atoms with Crippen LogP contribution in [-0.4, -0.2) is 0 Å². The second-order valence-corrected chi connectivity index (χ2v) is 4.58. The Morgan fingerprint density at radius 2 is 1.33 bits per heavy atom. The molecule has 1 aliphatic heterocycles. The van der Waals surface area contributed by atoms with Gasteiger partial charge < -0.3 is 5.73 Å². The number of hydrogen-bond donors (Lipinski definition) is 1. The second kappa shape index (κ2) is 4.22. The zero-order valence-corrected chi connectivity index (χ0v) is 10.3. The summed E-state index contributed by atoms with van der Waals surface area (Å²) in [5.74, 6) is 0.566. The molecule has 0 saturated carbocycles. The third-order valence-electron chi connectivity index (χ3n) is 3.42. The van der Waals surface area contributed by atoms with E-state index in [0.29, 0.717) is 5.82 Å². The molecule has 0 spiro atoms. The molecule has 0 unspecified atom stereocenters. The molecule has 0 bridgehead atoms. The van der Waals surface area contributed by atoms with Crippen molar-refractivity contribution in [2.24, 2.45) is 5.73 Å². The van der Waals surface area contributed by atoms with Crippen LogP contribution in [-0.2, 0) is 12.8 Å². The van der Waals surface area contributed by atoms with Gasteiger partial charge in [0.2, 0.25) is 0 Å². The number of benzene rings is 2. The van der Waals surface area contributed by atoms with E-state index in [1.54, 1.807) is 0 Å². The maximum Gasteiger partial charge on any atom is 0.100 e. The summed E-state index contributed by atoms with van der Waals surface area (Å²) in [4.78, 5) is 2.05. The van der Waals surface area contributed by atoms with Crippen LogP contribution < -0.4 is 10.6 Å². The molecule has 0 aliphatic carbocycles. The quantitative estimate of drug-likeness (QED) is 0.822. The number of rotatable bonds is 1. The number of nitrogens with zero attached hydrogens (tertiary/aromatic N) is 1. The van der Waals surface area contributed by atoms with Gasteiger partial charge in [-0.3, -0.25) is 4.90 Å². The van der Waals surface area contributed by atoms with Crippen LogP contribution in [0.15, 0.2) is 60.9 Å². The zero-order valence-electron chi connectivity index (χ0n) is 10.3. The SMILES string of the molecule is C=C(N)N1c2ccccc2CCc2ccccc21. The van der Waals surface area contributed by atoms with Gasteiger partial charge >= 0.3 is 0 Å². The zero-order chi connectivity index (χ0) is 12.5. The lowest BCUT2D eigenvalue weighted by atomic mass is 10.0. The number of para-hydroxylation sites is 2. The van der Waals surface area contributed by atoms with Crippen molar-refractivity contribution >= 4 is 11.4 Å². The topological polar surface area (TPSA) is 29.3 Å². The molecule has 2 aromatic carbocycles. The van der Waals surface area contributed by atoms with Gasteiger partial charge in [-0.15, -0.1) is 0 Å². The lowest BCUT2D eigenvalue weighted by Gasteiger charge is -2.26. The Bertz CT molecular complexity index is 554. The van der Waals surface area contributed by atoms with Gasteiger partial charge in [-0.1, -0.05) is 43.0 Å². The molecule has 2 heteroatoms. The maximum atomic E-state index is 6.00. The summed E-state index contributed by atoms with van der Waals surface area (Å²) in [6, 6.07) is 16.8. The maximum absolute atomic E-state index is 6.00. The molecule has 2 aromatic rings. The lowest BCUT2D eigenvalue weighted by molar-refractivity contribution is 0.977. The first-order chi connectivity index (χ1) is 8.77. The van der Waals surface area contributed by atoms with Crippen molar-refractivity contribution in [2.45, 2.75) is 12.8 Å². The van der Waals surface area contributed by atoms with Crippen LogP contribution in [0.5, 0.6) is 0 Å². The molecule has 0 radical (unpaired) electrons. The minimum Gasteiger partial charge on any atom is -0.385 e. The first-order valence-corrected chi connectivity index (χ1v) is 6.17. The molecule has 3 rings (SSSR count). The average Bonchev–Trinajstić information content (AvgIpc) is 2.55. The van der Waals surface area contributed by atoms with Crippen LogP contribution >= 0.6 is 0 Å². The van der Waals surface area contributed by atoms with Gasteiger partial charge in [-0.05, 0) is 36.1 Å². The largest absolute Gasteiger partial charge is 0.385 e. The fourth-order valence-electron chi connectivity index (χ4n) is 2.59. The van der Waals surface area contributed by atoms with E-state index in [9.17, 15) is 0 Å². The van der Waals surface area contributed by atoms with Gasteiger partial charge in [0.05, 0.1) is 11.4 Å². The molecule has 2 nitrogen and oxygen atoms in total. The second-order valence-electron chi connectivity index (χ2n) is 4.58. The molecule has 18 heavy (non-hydrogen) atoms. The Hall–Kier alpha value is -2.22. The molecule has 0 atom stereocenters. The minimum atomic E-state index is 0.566. The van der Waals surface area contributed by atoms with Crippen molar-refractivity contribution < 1.29 is 0 Å². The van der Waals surface area contributed by atoms with Crippen molar-refractivity contribution in [3.05, 3.63) is 72.1 Å². The fraction of sp³-hybridized carbons (Fsp3) is 0.125. The Kier molecular flexibility index (Phi) is 2.56. The van der Waals surface area contributed by atoms with Gasteiger partial charge in [0, 0.05) is 0 Å². The van der Waals surface area contributed by atoms with Gasteiger partial charge in [0.15, 0.2) is 0 Å². The highest BCUT2D eigenvalue weighted by molar-refractivity contribution is 5.74. The van der Waals surface area contributed by atoms with Crippen molar-refractivity contribution in [2.75, 3.05) is 4.90 Å². The molecule has 0 amide bonds. The summed E-state index contributed by atoms with van der Waals surface area (Å²) in [7, 11) is 0. The van der Waals surface area contributed by atoms with Crippen LogP contribution in [0.4, 0.5) is 11.4 Å². The van der Waals surface area contributed by atoms with Crippen LogP contribution in [0.1, 0.15) is 11.1 Å². The first-order valence-electron chi connectivity index (χ1n) is 6.17. The first kappa shape index (κ1) is 10.9. The number of fused-ring (bicyclic) bond motifs is 2. The molecule has 0 fully saturated rings. The normalized spacial score (nSPS) is 13.4. The molecule has 0 saturated heterocycles. The van der Waals surface area contributed by atoms with Gasteiger partial charge in [0.1, 0.15) is 5.82 Å². The molecule has 1 heterocycles. The average molecular weight is 236 g/mol. The lowest BCUT2D eigenvalue weighted by Crippen LogP contribution is -2.22. The van der Waals surface area contributed by atoms with E-state index in [0.717, 1.165) is 24.2 Å². The van der Waals surface area contributed by atoms with Gasteiger partial charge in [-0.2, -0.15) is 0 Å². The molecule has 0 aromatic heterocycles. The van der Waals surface area contributed by atoms with Crippen molar-refractivity contribution in [3.63, 3.8) is 0 Å². The predicted molar refractivity (Wildman–Crippen MR) is 75.8 cm³/mol. The van der Waals surface area contributed by atoms with Crippen LogP contribution in [0, 0.1) is 0 Å². The predicted octanol–water partition coefficient (Wildman–Crippen LogP) is 3.35. The molecule has 1 aliphatic rings. The Balaban J connectivity index is 2.24. The van der Waals surface area contributed by atoms with E-state index in [1.165, 1.54) is 11.1 Å². The number of nitrogens with two attached hydrogens (primary N) is 1. The summed E-state index contributed by atoms with van der Waals surface area (Å²) in [5, 5.41) is 0. The van der Waals surface area contributed by atoms with E-state index in [4.69, 9.17) is 5.73 Å². The summed E-state index contributed by atoms with van der Waals surface area (Å²) >= 11 is 0. The third kappa shape index (κ3) is 1.66. The monoisotopic (exact) mass is 236 g/mol. The Morgan fingerprint density at radius 3 is 1.78 bits per heavy atom. The molecular formula is C16H16N2. The standard InChI is InChI=1S/C16H16N2/c1-12(17)18-15-8-4-2-6-13(15)10-11-14-7-3-5-9-16(14)18/h2-9H,1,10-11,17H2. The summed E-state index contributed by atoms with van der Waals surface area (Å²) < 4.78 is 0. The number of anilines is 2. The summed E-state index contributed by atoms with van der Waals surface area (Å²) in [6.45, 7) is 3.92. The molecular weight excluding hydrogens is 220 g/mol. The highest BCUT2D eigenvalue weighted by Gasteiger charge is 2.20. The number of hydrogen-bond acceptors (Lipinski definition) is 2. The molecule has 2 N–H and O–H groups in total.